The van der Waals surface area contributed by atoms with Crippen LogP contribution in [-0.2, 0) is 0 Å². The van der Waals surface area contributed by atoms with Crippen LogP contribution in [0.2, 0.25) is 0 Å². The Morgan fingerprint density at radius 1 is 1.29 bits per heavy atom. The van der Waals surface area contributed by atoms with Gasteiger partial charge in [0.25, 0.3) is 5.91 Å². The van der Waals surface area contributed by atoms with E-state index in [4.69, 9.17) is 8.94 Å². The summed E-state index contributed by atoms with van der Waals surface area (Å²) in [5.74, 6) is 2.84. The van der Waals surface area contributed by atoms with E-state index in [0.717, 1.165) is 23.5 Å². The monoisotopic (exact) mass is 343 g/mol. The fourth-order valence-corrected chi connectivity index (χ4v) is 3.63. The van der Waals surface area contributed by atoms with Crippen LogP contribution in [-0.4, -0.2) is 34.0 Å². The lowest BCUT2D eigenvalue weighted by Gasteiger charge is -2.30. The van der Waals surface area contributed by atoms with Gasteiger partial charge in [0.05, 0.1) is 4.88 Å². The molecule has 1 fully saturated rings. The van der Waals surface area contributed by atoms with Crippen molar-refractivity contribution in [1.29, 1.82) is 0 Å². The van der Waals surface area contributed by atoms with E-state index in [1.165, 1.54) is 11.3 Å². The Hall–Kier alpha value is -2.41. The smallest absolute Gasteiger partial charge is 0.263 e. The number of nitrogens with zero attached hydrogens (tertiary/aromatic N) is 3. The summed E-state index contributed by atoms with van der Waals surface area (Å²) in [6.45, 7) is 3.29. The van der Waals surface area contributed by atoms with E-state index in [0.29, 0.717) is 30.6 Å². The quantitative estimate of drug-likeness (QED) is 0.725. The molecule has 24 heavy (non-hydrogen) atoms. The van der Waals surface area contributed by atoms with Crippen LogP contribution in [0.4, 0.5) is 0 Å². The highest BCUT2D eigenvalue weighted by molar-refractivity contribution is 7.12. The maximum Gasteiger partial charge on any atom is 0.263 e. The first kappa shape index (κ1) is 15.1. The molecule has 3 aromatic rings. The van der Waals surface area contributed by atoms with Gasteiger partial charge in [0, 0.05) is 19.0 Å². The van der Waals surface area contributed by atoms with Crippen molar-refractivity contribution in [1.82, 2.24) is 15.0 Å². The zero-order chi connectivity index (χ0) is 16.5. The van der Waals surface area contributed by atoms with Gasteiger partial charge in [0.15, 0.2) is 5.76 Å². The molecule has 0 saturated carbocycles. The van der Waals surface area contributed by atoms with Crippen LogP contribution in [0.15, 0.2) is 38.6 Å². The van der Waals surface area contributed by atoms with Gasteiger partial charge in [-0.05, 0) is 43.3 Å². The van der Waals surface area contributed by atoms with Crippen LogP contribution in [0.5, 0.6) is 0 Å². The van der Waals surface area contributed by atoms with E-state index < -0.39 is 0 Å². The number of rotatable bonds is 3. The highest BCUT2D eigenvalue weighted by atomic mass is 32.1. The first-order chi connectivity index (χ1) is 11.7. The van der Waals surface area contributed by atoms with Crippen LogP contribution in [0.25, 0.3) is 11.6 Å². The summed E-state index contributed by atoms with van der Waals surface area (Å²) in [5, 5.41) is 5.94. The van der Waals surface area contributed by atoms with Crippen molar-refractivity contribution < 1.29 is 13.7 Å². The first-order valence-corrected chi connectivity index (χ1v) is 8.82. The number of carbonyl (C=O) groups excluding carboxylic acids is 1. The van der Waals surface area contributed by atoms with Gasteiger partial charge in [0.2, 0.25) is 11.7 Å². The molecule has 0 spiro atoms. The number of amides is 1. The summed E-state index contributed by atoms with van der Waals surface area (Å²) in [4.78, 5) is 19.5. The summed E-state index contributed by atoms with van der Waals surface area (Å²) in [6, 6.07) is 7.49. The molecule has 6 nitrogen and oxygen atoms in total. The van der Waals surface area contributed by atoms with E-state index in [9.17, 15) is 4.79 Å². The zero-order valence-corrected chi connectivity index (χ0v) is 14.1. The Bertz CT molecular complexity index is 829. The molecule has 1 amide bonds. The Morgan fingerprint density at radius 2 is 2.12 bits per heavy atom. The van der Waals surface area contributed by atoms with Crippen LogP contribution in [0, 0.1) is 6.92 Å². The predicted molar refractivity (Wildman–Crippen MR) is 88.9 cm³/mol. The summed E-state index contributed by atoms with van der Waals surface area (Å²) < 4.78 is 10.9. The first-order valence-electron chi connectivity index (χ1n) is 7.94. The van der Waals surface area contributed by atoms with Crippen LogP contribution in [0.1, 0.15) is 40.1 Å². The molecule has 0 aromatic carbocycles. The maximum atomic E-state index is 12.4. The van der Waals surface area contributed by atoms with Crippen molar-refractivity contribution in [2.45, 2.75) is 25.7 Å². The highest BCUT2D eigenvalue weighted by Gasteiger charge is 2.28. The Morgan fingerprint density at radius 3 is 2.79 bits per heavy atom. The molecule has 4 heterocycles. The van der Waals surface area contributed by atoms with Crippen LogP contribution < -0.4 is 0 Å². The minimum absolute atomic E-state index is 0.112. The number of aryl methyl sites for hydroxylation is 1. The number of piperidine rings is 1. The van der Waals surface area contributed by atoms with Gasteiger partial charge in [-0.15, -0.1) is 11.3 Å². The second-order valence-corrected chi connectivity index (χ2v) is 6.86. The molecule has 0 N–H and O–H groups in total. The van der Waals surface area contributed by atoms with Gasteiger partial charge < -0.3 is 13.8 Å². The van der Waals surface area contributed by atoms with Crippen molar-refractivity contribution in [2.24, 2.45) is 0 Å². The van der Waals surface area contributed by atoms with E-state index >= 15 is 0 Å². The molecular weight excluding hydrogens is 326 g/mol. The van der Waals surface area contributed by atoms with E-state index in [1.54, 1.807) is 0 Å². The second-order valence-electron chi connectivity index (χ2n) is 5.91. The molecule has 0 unspecified atom stereocenters. The normalized spacial score (nSPS) is 15.8. The molecule has 0 aliphatic carbocycles. The van der Waals surface area contributed by atoms with E-state index in [-0.39, 0.29) is 11.8 Å². The molecular formula is C17H17N3O3S. The van der Waals surface area contributed by atoms with Gasteiger partial charge in [0.1, 0.15) is 5.76 Å². The number of aromatic nitrogens is 2. The topological polar surface area (TPSA) is 72.4 Å². The molecule has 4 rings (SSSR count). The number of thiophene rings is 1. The summed E-state index contributed by atoms with van der Waals surface area (Å²) in [6.07, 6.45) is 1.66. The average molecular weight is 343 g/mol. The number of furan rings is 1. The van der Waals surface area contributed by atoms with Crippen molar-refractivity contribution in [3.8, 4) is 11.6 Å². The van der Waals surface area contributed by atoms with Gasteiger partial charge in [-0.1, -0.05) is 11.2 Å². The van der Waals surface area contributed by atoms with Crippen molar-refractivity contribution in [3.05, 3.63) is 46.2 Å². The highest BCUT2D eigenvalue weighted by Crippen LogP contribution is 2.29. The number of hydrogen-bond donors (Lipinski definition) is 0. The minimum atomic E-state index is 0.112. The summed E-state index contributed by atoms with van der Waals surface area (Å²) >= 11 is 1.48. The lowest BCUT2D eigenvalue weighted by molar-refractivity contribution is 0.0709. The third-order valence-electron chi connectivity index (χ3n) is 4.27. The van der Waals surface area contributed by atoms with Gasteiger partial charge >= 0.3 is 0 Å². The van der Waals surface area contributed by atoms with Crippen LogP contribution in [0.3, 0.4) is 0 Å². The number of carbonyl (C=O) groups is 1. The van der Waals surface area contributed by atoms with Gasteiger partial charge in [-0.25, -0.2) is 0 Å². The number of hydrogen-bond acceptors (Lipinski definition) is 6. The largest absolute Gasteiger partial charge is 0.458 e. The Balaban J connectivity index is 1.41. The SMILES string of the molecule is Cc1ccc(-c2noc(C3CCN(C(=O)c4cccs4)CC3)n2)o1. The van der Waals surface area contributed by atoms with Gasteiger partial charge in [-0.2, -0.15) is 4.98 Å². The molecule has 0 bridgehead atoms. The lowest BCUT2D eigenvalue weighted by atomic mass is 9.96. The third-order valence-corrected chi connectivity index (χ3v) is 5.12. The Labute approximate surface area is 143 Å². The van der Waals surface area contributed by atoms with Crippen molar-refractivity contribution in [3.63, 3.8) is 0 Å². The fraction of sp³-hybridized carbons (Fsp3) is 0.353. The number of likely N-dealkylation sites (tertiary alicyclic amines) is 1. The molecule has 124 valence electrons. The molecule has 1 saturated heterocycles. The minimum Gasteiger partial charge on any atom is -0.458 e. The van der Waals surface area contributed by atoms with Crippen molar-refractivity contribution in [2.75, 3.05) is 13.1 Å². The lowest BCUT2D eigenvalue weighted by Crippen LogP contribution is -2.37. The average Bonchev–Trinajstić information content (AvgIpc) is 3.35. The molecule has 7 heteroatoms. The summed E-state index contributed by atoms with van der Waals surface area (Å²) in [7, 11) is 0. The van der Waals surface area contributed by atoms with Crippen LogP contribution >= 0.6 is 11.3 Å². The molecule has 0 atom stereocenters. The van der Waals surface area contributed by atoms with Crippen molar-refractivity contribution >= 4 is 17.2 Å². The molecule has 1 aliphatic rings. The fourth-order valence-electron chi connectivity index (χ4n) is 2.94. The van der Waals surface area contributed by atoms with Gasteiger partial charge in [-0.3, -0.25) is 4.79 Å². The standard InChI is InChI=1S/C17H17N3O3S/c1-11-4-5-13(22-11)15-18-16(23-19-15)12-6-8-20(9-7-12)17(21)14-3-2-10-24-14/h2-5,10,12H,6-9H2,1H3. The third kappa shape index (κ3) is 2.87. The zero-order valence-electron chi connectivity index (χ0n) is 13.3. The van der Waals surface area contributed by atoms with E-state index in [2.05, 4.69) is 10.1 Å². The van der Waals surface area contributed by atoms with E-state index in [1.807, 2.05) is 41.5 Å². The predicted octanol–water partition coefficient (Wildman–Crippen LogP) is 3.72. The maximum absolute atomic E-state index is 12.4. The molecule has 0 radical (unpaired) electrons. The summed E-state index contributed by atoms with van der Waals surface area (Å²) in [5.41, 5.74) is 0. The Kier molecular flexibility index (Phi) is 3.93. The second kappa shape index (κ2) is 6.24. The molecule has 1 aliphatic heterocycles. The molecule has 3 aromatic heterocycles.